The molecule has 37 heavy (non-hydrogen) atoms. The van der Waals surface area contributed by atoms with Crippen molar-refractivity contribution in [3.05, 3.63) is 143 Å². The largest absolute Gasteiger partial charge is 0.410 e. The predicted molar refractivity (Wildman–Crippen MR) is 148 cm³/mol. The van der Waals surface area contributed by atoms with Crippen LogP contribution in [-0.2, 0) is 0 Å². The summed E-state index contributed by atoms with van der Waals surface area (Å²) in [6, 6.07) is 35.8. The van der Waals surface area contributed by atoms with E-state index in [1.54, 1.807) is 24.3 Å². The van der Waals surface area contributed by atoms with E-state index in [1.165, 1.54) is 11.8 Å². The zero-order valence-electron chi connectivity index (χ0n) is 20.1. The molecule has 0 bridgehead atoms. The van der Waals surface area contributed by atoms with Crippen molar-refractivity contribution in [3.63, 3.8) is 0 Å². The van der Waals surface area contributed by atoms with E-state index in [4.69, 9.17) is 0 Å². The van der Waals surface area contributed by atoms with E-state index >= 15 is 0 Å². The number of nitrogens with zero attached hydrogens (tertiary/aromatic N) is 1. The molecule has 5 rings (SSSR count). The van der Waals surface area contributed by atoms with Gasteiger partial charge in [0.1, 0.15) is 0 Å². The van der Waals surface area contributed by atoms with Crippen LogP contribution < -0.4 is 0 Å². The van der Waals surface area contributed by atoms with E-state index in [1.807, 2.05) is 97.9 Å². The summed E-state index contributed by atoms with van der Waals surface area (Å²) in [5, 5.41) is 14.9. The number of benzene rings is 5. The van der Waals surface area contributed by atoms with Gasteiger partial charge in [0.2, 0.25) is 5.78 Å². The van der Waals surface area contributed by atoms with Gasteiger partial charge in [-0.2, -0.15) is 0 Å². The van der Waals surface area contributed by atoms with E-state index in [2.05, 4.69) is 5.16 Å². The number of oxime groups is 1. The molecule has 0 atom stereocenters. The van der Waals surface area contributed by atoms with Crippen LogP contribution in [0.5, 0.6) is 0 Å². The zero-order chi connectivity index (χ0) is 25.8. The number of rotatable bonds is 7. The molecule has 0 heterocycles. The van der Waals surface area contributed by atoms with E-state index in [9.17, 15) is 14.8 Å². The number of aryl methyl sites for hydroxylation is 1. The molecule has 0 unspecified atom stereocenters. The van der Waals surface area contributed by atoms with Crippen LogP contribution in [0.15, 0.2) is 130 Å². The average Bonchev–Trinajstić information content (AvgIpc) is 2.94. The van der Waals surface area contributed by atoms with Gasteiger partial charge in [-0.1, -0.05) is 77.6 Å². The Morgan fingerprint density at radius 2 is 1.22 bits per heavy atom. The van der Waals surface area contributed by atoms with Crippen molar-refractivity contribution < 1.29 is 14.8 Å². The third-order valence-electron chi connectivity index (χ3n) is 6.20. The minimum absolute atomic E-state index is 0.0137. The molecule has 0 saturated heterocycles. The lowest BCUT2D eigenvalue weighted by Gasteiger charge is -2.08. The van der Waals surface area contributed by atoms with E-state index in [0.29, 0.717) is 22.3 Å². The van der Waals surface area contributed by atoms with Crippen molar-refractivity contribution >= 4 is 39.8 Å². The first-order valence-electron chi connectivity index (χ1n) is 11.8. The van der Waals surface area contributed by atoms with Crippen LogP contribution in [0.3, 0.4) is 0 Å². The maximum atomic E-state index is 13.0. The quantitative estimate of drug-likeness (QED) is 0.108. The van der Waals surface area contributed by atoms with Gasteiger partial charge in [-0.3, -0.25) is 9.59 Å². The third-order valence-corrected chi connectivity index (χ3v) is 7.21. The van der Waals surface area contributed by atoms with Crippen molar-refractivity contribution in [2.45, 2.75) is 16.7 Å². The lowest BCUT2D eigenvalue weighted by molar-refractivity contribution is 0.103. The Bertz CT molecular complexity index is 1640. The third kappa shape index (κ3) is 5.22. The van der Waals surface area contributed by atoms with Gasteiger partial charge in [0.25, 0.3) is 0 Å². The van der Waals surface area contributed by atoms with Crippen LogP contribution >= 0.6 is 11.8 Å². The van der Waals surface area contributed by atoms with Crippen molar-refractivity contribution in [1.82, 2.24) is 0 Å². The number of ketones is 2. The molecular weight excluding hydrogens is 478 g/mol. The zero-order valence-corrected chi connectivity index (χ0v) is 20.9. The smallest absolute Gasteiger partial charge is 0.215 e. The molecule has 0 aliphatic heterocycles. The topological polar surface area (TPSA) is 66.7 Å². The lowest BCUT2D eigenvalue weighted by atomic mass is 9.97. The van der Waals surface area contributed by atoms with Crippen LogP contribution in [0.4, 0.5) is 0 Å². The van der Waals surface area contributed by atoms with Gasteiger partial charge in [0, 0.05) is 32.0 Å². The molecular formula is C32H23NO3S. The molecule has 0 spiro atoms. The number of hydrogen-bond donors (Lipinski definition) is 1. The Balaban J connectivity index is 1.28. The molecule has 5 aromatic carbocycles. The minimum atomic E-state index is -0.343. The van der Waals surface area contributed by atoms with Gasteiger partial charge in [-0.25, -0.2) is 0 Å². The summed E-state index contributed by atoms with van der Waals surface area (Å²) in [6.07, 6.45) is 0. The number of Topliss-reactive ketones (excluding diaryl/α,β-unsaturated/α-hetero) is 1. The highest BCUT2D eigenvalue weighted by molar-refractivity contribution is 7.99. The van der Waals surface area contributed by atoms with Gasteiger partial charge in [-0.05, 0) is 77.9 Å². The monoisotopic (exact) mass is 501 g/mol. The fourth-order valence-corrected chi connectivity index (χ4v) is 5.00. The van der Waals surface area contributed by atoms with Crippen LogP contribution in [0.2, 0.25) is 0 Å². The van der Waals surface area contributed by atoms with Gasteiger partial charge in [-0.15, -0.1) is 0 Å². The van der Waals surface area contributed by atoms with Gasteiger partial charge >= 0.3 is 0 Å². The molecule has 0 amide bonds. The standard InChI is InChI=1S/C32H23NO3S/c1-21-6-2-5-9-29(21)30(33-36)32(35)24-14-18-28(19-15-24)37-27-16-12-23(13-17-27)31(34)26-11-10-22-7-3-4-8-25(22)20-26/h2-20,36H,1H3/b33-30-. The lowest BCUT2D eigenvalue weighted by Crippen LogP contribution is -2.17. The Hall–Kier alpha value is -4.48. The van der Waals surface area contributed by atoms with Crippen molar-refractivity contribution in [2.24, 2.45) is 5.16 Å². The first-order valence-corrected chi connectivity index (χ1v) is 12.6. The van der Waals surface area contributed by atoms with E-state index in [0.717, 1.165) is 26.1 Å². The predicted octanol–water partition coefficient (Wildman–Crippen LogP) is 7.59. The second-order valence-electron chi connectivity index (χ2n) is 8.63. The van der Waals surface area contributed by atoms with Crippen LogP contribution in [0, 0.1) is 6.92 Å². The highest BCUT2D eigenvalue weighted by Crippen LogP contribution is 2.29. The van der Waals surface area contributed by atoms with Crippen molar-refractivity contribution in [2.75, 3.05) is 0 Å². The Kier molecular flexibility index (Phi) is 6.97. The number of hydrogen-bond acceptors (Lipinski definition) is 5. The first-order chi connectivity index (χ1) is 18.0. The van der Waals surface area contributed by atoms with Crippen LogP contribution in [-0.4, -0.2) is 22.5 Å². The molecule has 0 radical (unpaired) electrons. The van der Waals surface area contributed by atoms with Gasteiger partial charge in [0.05, 0.1) is 0 Å². The fraction of sp³-hybridized carbons (Fsp3) is 0.0312. The second-order valence-corrected chi connectivity index (χ2v) is 9.78. The highest BCUT2D eigenvalue weighted by Gasteiger charge is 2.18. The summed E-state index contributed by atoms with van der Waals surface area (Å²) >= 11 is 1.54. The van der Waals surface area contributed by atoms with Gasteiger partial charge in [0.15, 0.2) is 11.5 Å². The average molecular weight is 502 g/mol. The molecule has 1 N–H and O–H groups in total. The Morgan fingerprint density at radius 1 is 0.649 bits per heavy atom. The molecule has 0 aromatic heterocycles. The maximum absolute atomic E-state index is 13.0. The molecule has 180 valence electrons. The molecule has 0 aliphatic rings. The second kappa shape index (κ2) is 10.6. The summed E-state index contributed by atoms with van der Waals surface area (Å²) in [5.41, 5.74) is 3.22. The summed E-state index contributed by atoms with van der Waals surface area (Å²) in [7, 11) is 0. The molecule has 5 aromatic rings. The van der Waals surface area contributed by atoms with Crippen molar-refractivity contribution in [3.8, 4) is 0 Å². The SMILES string of the molecule is Cc1ccccc1/C(=N/O)C(=O)c1ccc(Sc2ccc(C(=O)c3ccc4ccccc4c3)cc2)cc1. The number of fused-ring (bicyclic) bond motifs is 1. The van der Waals surface area contributed by atoms with E-state index in [-0.39, 0.29) is 17.3 Å². The fourth-order valence-electron chi connectivity index (χ4n) is 4.18. The summed E-state index contributed by atoms with van der Waals surface area (Å²) in [4.78, 5) is 27.9. The summed E-state index contributed by atoms with van der Waals surface area (Å²) < 4.78 is 0. The molecule has 5 heteroatoms. The molecule has 0 saturated carbocycles. The van der Waals surface area contributed by atoms with Crippen LogP contribution in [0.25, 0.3) is 10.8 Å². The highest BCUT2D eigenvalue weighted by atomic mass is 32.2. The summed E-state index contributed by atoms with van der Waals surface area (Å²) in [6.45, 7) is 1.87. The minimum Gasteiger partial charge on any atom is -0.410 e. The Labute approximate surface area is 219 Å². The normalized spacial score (nSPS) is 11.4. The molecule has 4 nitrogen and oxygen atoms in total. The first kappa shape index (κ1) is 24.2. The van der Waals surface area contributed by atoms with Crippen LogP contribution in [0.1, 0.15) is 37.4 Å². The Morgan fingerprint density at radius 3 is 1.86 bits per heavy atom. The van der Waals surface area contributed by atoms with Crippen molar-refractivity contribution in [1.29, 1.82) is 0 Å². The van der Waals surface area contributed by atoms with E-state index < -0.39 is 0 Å². The molecule has 0 aliphatic carbocycles. The number of carbonyl (C=O) groups is 2. The summed E-state index contributed by atoms with van der Waals surface area (Å²) in [5.74, 6) is -0.356. The number of carbonyl (C=O) groups excluding carboxylic acids is 2. The van der Waals surface area contributed by atoms with Gasteiger partial charge < -0.3 is 5.21 Å². The molecule has 0 fully saturated rings. The maximum Gasteiger partial charge on any atom is 0.215 e.